The molecule has 1 aromatic carbocycles. The summed E-state index contributed by atoms with van der Waals surface area (Å²) in [5, 5.41) is 38.2. The van der Waals surface area contributed by atoms with Crippen LogP contribution in [0.3, 0.4) is 0 Å². The molecule has 3 rings (SSSR count). The minimum atomic E-state index is -5.11. The van der Waals surface area contributed by atoms with Crippen molar-refractivity contribution in [3.63, 3.8) is 0 Å². The Balaban J connectivity index is 2.05. The first kappa shape index (κ1) is 26.1. The summed E-state index contributed by atoms with van der Waals surface area (Å²) in [6.07, 6.45) is -10.2. The molecule has 190 valence electrons. The molecule has 3 aromatic rings. The molecule has 2 heterocycles. The molecule has 0 atom stereocenters. The quantitative estimate of drug-likeness (QED) is 0.265. The number of hydrogen-bond donors (Lipinski definition) is 0. The van der Waals surface area contributed by atoms with Crippen molar-refractivity contribution in [2.75, 3.05) is 0 Å². The molecule has 2 aromatic heterocycles. The highest BCUT2D eigenvalue weighted by Gasteiger charge is 2.45. The van der Waals surface area contributed by atoms with Crippen molar-refractivity contribution in [3.8, 4) is 6.07 Å². The zero-order valence-corrected chi connectivity index (χ0v) is 18.2. The summed E-state index contributed by atoms with van der Waals surface area (Å²) < 4.78 is 80.7. The first-order chi connectivity index (χ1) is 16.5. The van der Waals surface area contributed by atoms with E-state index in [9.17, 15) is 51.8 Å². The Morgan fingerprint density at radius 2 is 1.19 bits per heavy atom. The molecule has 0 aliphatic heterocycles. The fraction of sp³-hybridized carbons (Fsp3) is 0.316. The maximum Gasteiger partial charge on any atom is 0.442 e. The lowest BCUT2D eigenvalue weighted by Crippen LogP contribution is -2.11. The van der Waals surface area contributed by atoms with Gasteiger partial charge in [-0.2, -0.15) is 41.8 Å². The lowest BCUT2D eigenvalue weighted by Gasteiger charge is -2.09. The molecule has 0 fully saturated rings. The van der Waals surface area contributed by atoms with Gasteiger partial charge in [-0.15, -0.1) is 0 Å². The van der Waals surface area contributed by atoms with Crippen molar-refractivity contribution in [3.05, 3.63) is 77.9 Å². The van der Waals surface area contributed by atoms with Crippen LogP contribution in [0.25, 0.3) is 0 Å². The van der Waals surface area contributed by atoms with Crippen molar-refractivity contribution < 1.29 is 36.2 Å². The van der Waals surface area contributed by atoms with Gasteiger partial charge in [-0.3, -0.25) is 29.6 Å². The average Bonchev–Trinajstić information content (AvgIpc) is 3.25. The molecule has 11 nitrogen and oxygen atoms in total. The van der Waals surface area contributed by atoms with Gasteiger partial charge in [0.15, 0.2) is 0 Å². The lowest BCUT2D eigenvalue weighted by molar-refractivity contribution is -0.388. The normalized spacial score (nSPS) is 12.0. The van der Waals surface area contributed by atoms with E-state index in [1.165, 1.54) is 18.2 Å². The van der Waals surface area contributed by atoms with E-state index in [0.717, 1.165) is 13.8 Å². The molecule has 36 heavy (non-hydrogen) atoms. The third kappa shape index (κ3) is 4.96. The second-order valence-corrected chi connectivity index (χ2v) is 7.54. The molecule has 17 heteroatoms. The highest BCUT2D eigenvalue weighted by Crippen LogP contribution is 2.38. The van der Waals surface area contributed by atoms with Crippen LogP contribution in [0.15, 0.2) is 18.2 Å². The highest BCUT2D eigenvalue weighted by molar-refractivity contribution is 5.45. The van der Waals surface area contributed by atoms with Crippen LogP contribution < -0.4 is 0 Å². The number of aromatic nitrogens is 4. The predicted molar refractivity (Wildman–Crippen MR) is 107 cm³/mol. The van der Waals surface area contributed by atoms with Crippen molar-refractivity contribution in [2.45, 2.75) is 39.3 Å². The number of halogens is 6. The topological polar surface area (TPSA) is 146 Å². The van der Waals surface area contributed by atoms with E-state index in [1.807, 2.05) is 0 Å². The zero-order valence-electron chi connectivity index (χ0n) is 18.2. The Kier molecular flexibility index (Phi) is 6.49. The second kappa shape index (κ2) is 8.94. The number of nitrogens with zero attached hydrogens (tertiary/aromatic N) is 7. The molecule has 0 unspecified atom stereocenters. The largest absolute Gasteiger partial charge is 0.442 e. The molecular weight excluding hydrogens is 504 g/mol. The molecule has 0 N–H and O–H groups in total. The molecule has 0 amide bonds. The van der Waals surface area contributed by atoms with Crippen LogP contribution in [0, 0.1) is 45.4 Å². The van der Waals surface area contributed by atoms with Crippen LogP contribution in [-0.4, -0.2) is 29.4 Å². The number of nitro groups is 2. The van der Waals surface area contributed by atoms with E-state index in [4.69, 9.17) is 0 Å². The Morgan fingerprint density at radius 1 is 0.833 bits per heavy atom. The van der Waals surface area contributed by atoms with Crippen molar-refractivity contribution in [2.24, 2.45) is 0 Å². The SMILES string of the molecule is Cc1c([N+](=O)[O-])c(C(F)(F)F)nn1Cc1cc(C#N)cc(Cn2nc(C(F)(F)F)c([N+](=O)[O-])c2C)c1. The van der Waals surface area contributed by atoms with Gasteiger partial charge in [0.25, 0.3) is 0 Å². The van der Waals surface area contributed by atoms with Gasteiger partial charge in [-0.25, -0.2) is 0 Å². The monoisotopic (exact) mass is 517 g/mol. The maximum absolute atomic E-state index is 13.2. The van der Waals surface area contributed by atoms with Crippen molar-refractivity contribution in [1.82, 2.24) is 19.6 Å². The van der Waals surface area contributed by atoms with Crippen LogP contribution in [0.4, 0.5) is 37.7 Å². The van der Waals surface area contributed by atoms with Crippen molar-refractivity contribution in [1.29, 1.82) is 5.26 Å². The Bertz CT molecular complexity index is 1320. The van der Waals surface area contributed by atoms with Gasteiger partial charge in [-0.1, -0.05) is 6.07 Å². The fourth-order valence-electron chi connectivity index (χ4n) is 3.56. The summed E-state index contributed by atoms with van der Waals surface area (Å²) in [5.41, 5.74) is -6.46. The van der Waals surface area contributed by atoms with Gasteiger partial charge in [0.2, 0.25) is 11.4 Å². The minimum absolute atomic E-state index is 0.0341. The maximum atomic E-state index is 13.2. The summed E-state index contributed by atoms with van der Waals surface area (Å²) in [7, 11) is 0. The lowest BCUT2D eigenvalue weighted by atomic mass is 10.1. The number of nitriles is 1. The van der Waals surface area contributed by atoms with E-state index in [-0.39, 0.29) is 16.7 Å². The minimum Gasteiger partial charge on any atom is -0.258 e. The second-order valence-electron chi connectivity index (χ2n) is 7.54. The number of hydrogen-bond acceptors (Lipinski definition) is 7. The van der Waals surface area contributed by atoms with Crippen LogP contribution in [0.5, 0.6) is 0 Å². The van der Waals surface area contributed by atoms with Crippen LogP contribution in [0.2, 0.25) is 0 Å². The number of alkyl halides is 6. The van der Waals surface area contributed by atoms with Gasteiger partial charge in [-0.05, 0) is 37.1 Å². The summed E-state index contributed by atoms with van der Waals surface area (Å²) in [4.78, 5) is 19.9. The molecule has 0 bridgehead atoms. The van der Waals surface area contributed by atoms with E-state index >= 15 is 0 Å². The third-order valence-electron chi connectivity index (χ3n) is 5.10. The summed E-state index contributed by atoms with van der Waals surface area (Å²) in [5.74, 6) is 0. The van der Waals surface area contributed by atoms with E-state index in [1.54, 1.807) is 6.07 Å². The van der Waals surface area contributed by atoms with E-state index < -0.39 is 69.4 Å². The zero-order chi connectivity index (χ0) is 27.2. The molecule has 0 aliphatic carbocycles. The van der Waals surface area contributed by atoms with Gasteiger partial charge >= 0.3 is 23.7 Å². The third-order valence-corrected chi connectivity index (χ3v) is 5.10. The van der Waals surface area contributed by atoms with E-state index in [2.05, 4.69) is 10.2 Å². The number of benzene rings is 1. The molecule has 0 aliphatic rings. The molecule has 0 radical (unpaired) electrons. The molecular formula is C19H13F6N7O4. The standard InChI is InChI=1S/C19H13F6N7O4/c1-9-14(31(33)34)16(18(20,21)22)27-29(9)7-12-3-11(6-26)4-13(5-12)8-30-10(2)15(32(35)36)17(28-30)19(23,24)25/h3-5H,7-8H2,1-2H3. The summed E-state index contributed by atoms with van der Waals surface area (Å²) >= 11 is 0. The summed E-state index contributed by atoms with van der Waals surface area (Å²) in [6.45, 7) is 1.22. The Hall–Kier alpha value is -4.49. The highest BCUT2D eigenvalue weighted by atomic mass is 19.4. The van der Waals surface area contributed by atoms with Crippen LogP contribution >= 0.6 is 0 Å². The smallest absolute Gasteiger partial charge is 0.258 e. The van der Waals surface area contributed by atoms with Gasteiger partial charge in [0.1, 0.15) is 11.4 Å². The Morgan fingerprint density at radius 3 is 1.44 bits per heavy atom. The van der Waals surface area contributed by atoms with Crippen LogP contribution in [0.1, 0.15) is 39.5 Å². The first-order valence-corrected chi connectivity index (χ1v) is 9.65. The first-order valence-electron chi connectivity index (χ1n) is 9.65. The Labute approximate surface area is 196 Å². The van der Waals surface area contributed by atoms with Gasteiger partial charge in [0, 0.05) is 0 Å². The van der Waals surface area contributed by atoms with Crippen molar-refractivity contribution >= 4 is 11.4 Å². The molecule has 0 spiro atoms. The van der Waals surface area contributed by atoms with Gasteiger partial charge in [0.05, 0.1) is 34.6 Å². The average molecular weight is 517 g/mol. The summed E-state index contributed by atoms with van der Waals surface area (Å²) in [6, 6.07) is 5.60. The molecule has 0 saturated carbocycles. The number of rotatable bonds is 6. The van der Waals surface area contributed by atoms with E-state index in [0.29, 0.717) is 9.36 Å². The van der Waals surface area contributed by atoms with Gasteiger partial charge < -0.3 is 0 Å². The molecule has 0 saturated heterocycles. The fourth-order valence-corrected chi connectivity index (χ4v) is 3.56. The van der Waals surface area contributed by atoms with Crippen LogP contribution in [-0.2, 0) is 25.4 Å². The predicted octanol–water partition coefficient (Wildman–Crippen LogP) is 4.52.